The Balaban J connectivity index is 0.00000196. The molecular formula is C33H36N7O4P. The third-order valence-corrected chi connectivity index (χ3v) is 9.41. The van der Waals surface area contributed by atoms with Crippen LogP contribution in [0.25, 0.3) is 11.5 Å². The van der Waals surface area contributed by atoms with Crippen molar-refractivity contribution >= 4 is 42.3 Å². The summed E-state index contributed by atoms with van der Waals surface area (Å²) in [5.41, 5.74) is 2.35. The Morgan fingerprint density at radius 2 is 1.80 bits per heavy atom. The highest BCUT2D eigenvalue weighted by Gasteiger charge is 2.24. The van der Waals surface area contributed by atoms with Crippen molar-refractivity contribution in [3.63, 3.8) is 0 Å². The highest BCUT2D eigenvalue weighted by atomic mass is 31.1. The molecule has 4 heterocycles. The summed E-state index contributed by atoms with van der Waals surface area (Å²) in [6.07, 6.45) is 8.37. The Kier molecular flexibility index (Phi) is 9.99. The standard InChI is InChI=1S/C31H30N7O4P.C2H6/c1-42-31(41)21-13-14-27(32-17-21)37-15-7-12-23(30(37)40)35-26-16-25(43(2)19-20-8-4-3-5-9-20)28-33-18-24(38(28)36-26)29(39)34-22-10-6-11-22;1-2/h3-5,7-9,12-18,22H,6,10-11,19H2,1-2H3,(H,34,39)(H,35,36);1-2H3. The van der Waals surface area contributed by atoms with Gasteiger partial charge in [-0.2, -0.15) is 0 Å². The number of pyridine rings is 2. The average Bonchev–Trinajstić information content (AvgIpc) is 3.48. The van der Waals surface area contributed by atoms with Gasteiger partial charge in [-0.3, -0.25) is 14.2 Å². The number of aromatic nitrogens is 5. The number of amides is 1. The summed E-state index contributed by atoms with van der Waals surface area (Å²) >= 11 is 0. The van der Waals surface area contributed by atoms with Crippen molar-refractivity contribution in [1.82, 2.24) is 29.5 Å². The molecule has 1 aliphatic rings. The third-order valence-electron chi connectivity index (χ3n) is 7.42. The smallest absolute Gasteiger partial charge is 0.339 e. The molecule has 1 amide bonds. The topological polar surface area (TPSA) is 133 Å². The zero-order chi connectivity index (χ0) is 31.9. The molecule has 0 spiro atoms. The second-order valence-corrected chi connectivity index (χ2v) is 12.5. The van der Waals surface area contributed by atoms with Crippen molar-refractivity contribution in [3.05, 3.63) is 106 Å². The van der Waals surface area contributed by atoms with E-state index in [1.54, 1.807) is 41.2 Å². The van der Waals surface area contributed by atoms with Crippen LogP contribution < -0.4 is 21.5 Å². The maximum Gasteiger partial charge on any atom is 0.339 e. The Morgan fingerprint density at radius 3 is 2.47 bits per heavy atom. The van der Waals surface area contributed by atoms with Crippen molar-refractivity contribution in [3.8, 4) is 5.82 Å². The van der Waals surface area contributed by atoms with Crippen LogP contribution >= 0.6 is 7.92 Å². The molecule has 45 heavy (non-hydrogen) atoms. The first kappa shape index (κ1) is 31.5. The van der Waals surface area contributed by atoms with Gasteiger partial charge in [-0.05, 0) is 68.0 Å². The average molecular weight is 626 g/mol. The molecule has 1 aliphatic carbocycles. The second kappa shape index (κ2) is 14.3. The summed E-state index contributed by atoms with van der Waals surface area (Å²) in [5.74, 6) is 0.0154. The first-order chi connectivity index (χ1) is 21.9. The number of carbonyl (C=O) groups excluding carboxylic acids is 2. The number of rotatable bonds is 9. The van der Waals surface area contributed by atoms with Crippen molar-refractivity contribution < 1.29 is 14.3 Å². The summed E-state index contributed by atoms with van der Waals surface area (Å²) in [7, 11) is 0.552. The quantitative estimate of drug-likeness (QED) is 0.172. The van der Waals surface area contributed by atoms with Crippen LogP contribution in [-0.2, 0) is 10.9 Å². The molecule has 1 aromatic carbocycles. The van der Waals surface area contributed by atoms with Crippen LogP contribution in [-0.4, -0.2) is 55.8 Å². The number of methoxy groups -OCH3 is 1. The highest BCUT2D eigenvalue weighted by Crippen LogP contribution is 2.36. The zero-order valence-electron chi connectivity index (χ0n) is 25.7. The van der Waals surface area contributed by atoms with E-state index in [0.717, 1.165) is 30.7 Å². The molecule has 12 heteroatoms. The van der Waals surface area contributed by atoms with Crippen LogP contribution in [0.2, 0.25) is 0 Å². The Bertz CT molecular complexity index is 1850. The maximum atomic E-state index is 13.5. The normalized spacial score (nSPS) is 13.2. The SMILES string of the molecule is CC.COC(=O)c1ccc(-n2cccc(Nc3cc(P(C)Cc4ccccc4)c4ncc(C(=O)NC5CCC5)n4n3)c2=O)nc1. The fraction of sp³-hybridized carbons (Fsp3) is 0.273. The molecule has 0 saturated heterocycles. The van der Waals surface area contributed by atoms with E-state index in [4.69, 9.17) is 9.84 Å². The number of hydrogen-bond acceptors (Lipinski definition) is 8. The van der Waals surface area contributed by atoms with Crippen molar-refractivity contribution in [2.75, 3.05) is 19.1 Å². The Morgan fingerprint density at radius 1 is 1.02 bits per heavy atom. The molecule has 5 aromatic rings. The Hall–Kier alpha value is -4.89. The monoisotopic (exact) mass is 625 g/mol. The molecule has 1 atom stereocenters. The van der Waals surface area contributed by atoms with Gasteiger partial charge in [0, 0.05) is 23.7 Å². The van der Waals surface area contributed by atoms with Gasteiger partial charge in [-0.1, -0.05) is 52.1 Å². The van der Waals surface area contributed by atoms with E-state index in [9.17, 15) is 14.4 Å². The predicted molar refractivity (Wildman–Crippen MR) is 177 cm³/mol. The molecule has 1 fully saturated rings. The van der Waals surface area contributed by atoms with E-state index < -0.39 is 13.9 Å². The van der Waals surface area contributed by atoms with E-state index in [-0.39, 0.29) is 28.8 Å². The minimum atomic E-state index is -0.743. The number of anilines is 2. The highest BCUT2D eigenvalue weighted by molar-refractivity contribution is 7.64. The number of hydrogen-bond donors (Lipinski definition) is 2. The van der Waals surface area contributed by atoms with Gasteiger partial charge in [-0.15, -0.1) is 5.10 Å². The van der Waals surface area contributed by atoms with E-state index in [1.807, 2.05) is 38.1 Å². The van der Waals surface area contributed by atoms with Crippen molar-refractivity contribution in [2.24, 2.45) is 0 Å². The maximum absolute atomic E-state index is 13.5. The predicted octanol–water partition coefficient (Wildman–Crippen LogP) is 5.05. The fourth-order valence-corrected chi connectivity index (χ4v) is 6.64. The molecule has 232 valence electrons. The lowest BCUT2D eigenvalue weighted by atomic mass is 9.93. The lowest BCUT2D eigenvalue weighted by Crippen LogP contribution is -2.40. The summed E-state index contributed by atoms with van der Waals surface area (Å²) < 4.78 is 7.68. The number of carbonyl (C=O) groups is 2. The molecule has 0 aliphatic heterocycles. The molecule has 0 bridgehead atoms. The van der Waals surface area contributed by atoms with Crippen LogP contribution in [0.15, 0.2) is 84.0 Å². The van der Waals surface area contributed by atoms with Gasteiger partial charge in [0.25, 0.3) is 11.5 Å². The number of nitrogens with zero attached hydrogens (tertiary/aromatic N) is 5. The molecule has 6 rings (SSSR count). The van der Waals surface area contributed by atoms with E-state index in [1.165, 1.54) is 23.4 Å². The number of benzene rings is 1. The van der Waals surface area contributed by atoms with Gasteiger partial charge >= 0.3 is 5.97 Å². The lowest BCUT2D eigenvalue weighted by molar-refractivity contribution is 0.0600. The number of fused-ring (bicyclic) bond motifs is 1. The largest absolute Gasteiger partial charge is 0.465 e. The molecule has 2 N–H and O–H groups in total. The second-order valence-electron chi connectivity index (χ2n) is 10.4. The molecule has 4 aromatic heterocycles. The van der Waals surface area contributed by atoms with Gasteiger partial charge in [0.15, 0.2) is 17.2 Å². The summed E-state index contributed by atoms with van der Waals surface area (Å²) in [5, 5.41) is 11.9. The molecule has 11 nitrogen and oxygen atoms in total. The zero-order valence-corrected chi connectivity index (χ0v) is 26.6. The minimum Gasteiger partial charge on any atom is -0.465 e. The van der Waals surface area contributed by atoms with Gasteiger partial charge in [0.1, 0.15) is 11.5 Å². The number of imidazole rings is 1. The molecule has 0 radical (unpaired) electrons. The van der Waals surface area contributed by atoms with Crippen LogP contribution in [0.5, 0.6) is 0 Å². The first-order valence-electron chi connectivity index (χ1n) is 14.9. The van der Waals surface area contributed by atoms with E-state index in [2.05, 4.69) is 39.4 Å². The van der Waals surface area contributed by atoms with Crippen LogP contribution in [0.4, 0.5) is 11.5 Å². The van der Waals surface area contributed by atoms with Crippen LogP contribution in [0.1, 0.15) is 59.5 Å². The summed E-state index contributed by atoms with van der Waals surface area (Å²) in [6.45, 7) is 6.17. The number of nitrogens with one attached hydrogen (secondary N) is 2. The van der Waals surface area contributed by atoms with Gasteiger partial charge < -0.3 is 15.4 Å². The molecule has 1 unspecified atom stereocenters. The van der Waals surface area contributed by atoms with Crippen LogP contribution in [0.3, 0.4) is 0 Å². The molecular weight excluding hydrogens is 589 g/mol. The van der Waals surface area contributed by atoms with Crippen molar-refractivity contribution in [2.45, 2.75) is 45.3 Å². The lowest BCUT2D eigenvalue weighted by Gasteiger charge is -2.26. The van der Waals surface area contributed by atoms with E-state index in [0.29, 0.717) is 23.0 Å². The molecule has 1 saturated carbocycles. The fourth-order valence-electron chi connectivity index (χ4n) is 4.88. The third kappa shape index (κ3) is 6.94. The van der Waals surface area contributed by atoms with E-state index >= 15 is 0 Å². The van der Waals surface area contributed by atoms with Gasteiger partial charge in [0.05, 0.1) is 18.9 Å². The van der Waals surface area contributed by atoms with Gasteiger partial charge in [-0.25, -0.2) is 19.3 Å². The van der Waals surface area contributed by atoms with Crippen LogP contribution in [0, 0.1) is 0 Å². The first-order valence-corrected chi connectivity index (χ1v) is 16.9. The Labute approximate surface area is 262 Å². The van der Waals surface area contributed by atoms with Gasteiger partial charge in [0.2, 0.25) is 0 Å². The summed E-state index contributed by atoms with van der Waals surface area (Å²) in [6, 6.07) is 18.8. The minimum absolute atomic E-state index is 0.165. The number of esters is 1. The summed E-state index contributed by atoms with van der Waals surface area (Å²) in [4.78, 5) is 47.4. The van der Waals surface area contributed by atoms with Crippen molar-refractivity contribution in [1.29, 1.82) is 0 Å². The number of ether oxygens (including phenoxy) is 1.